The minimum Gasteiger partial charge on any atom is -0.368 e. The number of fused-ring (bicyclic) bond motifs is 1. The van der Waals surface area contributed by atoms with Gasteiger partial charge in [0.2, 0.25) is 0 Å². The van der Waals surface area contributed by atoms with Gasteiger partial charge in [0.15, 0.2) is 5.16 Å². The quantitative estimate of drug-likeness (QED) is 0.155. The zero-order chi connectivity index (χ0) is 27.5. The molecule has 0 atom stereocenters. The van der Waals surface area contributed by atoms with Gasteiger partial charge in [-0.25, -0.2) is 9.97 Å². The summed E-state index contributed by atoms with van der Waals surface area (Å²) in [5.41, 5.74) is 6.95. The molecule has 6 nitrogen and oxygen atoms in total. The third-order valence-electron chi connectivity index (χ3n) is 7.68. The van der Waals surface area contributed by atoms with Crippen LogP contribution in [0.15, 0.2) is 84.0 Å². The number of para-hydroxylation sites is 1. The highest BCUT2D eigenvalue weighted by molar-refractivity contribution is 7.98. The van der Waals surface area contributed by atoms with Crippen LogP contribution in [-0.2, 0) is 18.7 Å². The molecule has 6 rings (SSSR count). The van der Waals surface area contributed by atoms with Gasteiger partial charge in [0.1, 0.15) is 11.0 Å². The molecule has 1 fully saturated rings. The molecule has 1 saturated heterocycles. The van der Waals surface area contributed by atoms with Gasteiger partial charge in [-0.05, 0) is 53.8 Å². The summed E-state index contributed by atoms with van der Waals surface area (Å²) in [6.45, 7) is 7.16. The molecule has 2 aliphatic heterocycles. The van der Waals surface area contributed by atoms with Crippen molar-refractivity contribution in [1.29, 1.82) is 0 Å². The Morgan fingerprint density at radius 1 is 0.850 bits per heavy atom. The smallest absolute Gasteiger partial charge is 0.254 e. The average Bonchev–Trinajstić information content (AvgIpc) is 3.00. The molecule has 4 aromatic rings. The molecule has 204 valence electrons. The van der Waals surface area contributed by atoms with Crippen molar-refractivity contribution < 1.29 is 4.79 Å². The van der Waals surface area contributed by atoms with E-state index >= 15 is 0 Å². The lowest BCUT2D eigenvalue weighted by Gasteiger charge is -2.37. The Labute approximate surface area is 245 Å². The fourth-order valence-electron chi connectivity index (χ4n) is 5.50. The molecule has 0 saturated carbocycles. The largest absolute Gasteiger partial charge is 0.368 e. The number of aryl methyl sites for hydroxylation is 1. The second-order valence-corrected chi connectivity index (χ2v) is 11.7. The summed E-state index contributed by atoms with van der Waals surface area (Å²) >= 11 is 7.98. The Morgan fingerprint density at radius 2 is 1.60 bits per heavy atom. The van der Waals surface area contributed by atoms with Gasteiger partial charge in [-0.1, -0.05) is 78.0 Å². The number of hydrogen-bond donors (Lipinski definition) is 0. The van der Waals surface area contributed by atoms with Crippen molar-refractivity contribution in [1.82, 2.24) is 14.9 Å². The Morgan fingerprint density at radius 3 is 2.42 bits per heavy atom. The minimum atomic E-state index is 0.0764. The lowest BCUT2D eigenvalue weighted by Crippen LogP contribution is -2.47. The first-order valence-electron chi connectivity index (χ1n) is 13.7. The summed E-state index contributed by atoms with van der Waals surface area (Å²) in [5.74, 6) is 1.60. The van der Waals surface area contributed by atoms with Gasteiger partial charge in [0.25, 0.3) is 5.91 Å². The molecule has 8 heteroatoms. The maximum absolute atomic E-state index is 13.3. The van der Waals surface area contributed by atoms with Gasteiger partial charge in [-0.15, -0.1) is 0 Å². The highest BCUT2D eigenvalue weighted by Crippen LogP contribution is 2.28. The number of hydrogen-bond acceptors (Lipinski definition) is 6. The lowest BCUT2D eigenvalue weighted by atomic mass is 9.99. The average molecular weight is 570 g/mol. The number of anilines is 2. The van der Waals surface area contributed by atoms with Gasteiger partial charge in [-0.2, -0.15) is 0 Å². The van der Waals surface area contributed by atoms with Crippen LogP contribution in [0.4, 0.5) is 11.5 Å². The molecule has 1 amide bonds. The molecule has 0 aliphatic carbocycles. The van der Waals surface area contributed by atoms with Crippen LogP contribution in [0.3, 0.4) is 0 Å². The van der Waals surface area contributed by atoms with Gasteiger partial charge < -0.3 is 14.7 Å². The van der Waals surface area contributed by atoms with Gasteiger partial charge in [0.05, 0.1) is 0 Å². The van der Waals surface area contributed by atoms with Crippen LogP contribution in [0.5, 0.6) is 0 Å². The van der Waals surface area contributed by atoms with Gasteiger partial charge in [-0.3, -0.25) is 4.79 Å². The second-order valence-electron chi connectivity index (χ2n) is 10.3. The van der Waals surface area contributed by atoms with Gasteiger partial charge >= 0.3 is 0 Å². The molecule has 3 aromatic carbocycles. The topological polar surface area (TPSA) is 52.6 Å². The van der Waals surface area contributed by atoms with Crippen LogP contribution in [0, 0.1) is 6.92 Å². The van der Waals surface area contributed by atoms with Crippen LogP contribution in [-0.4, -0.2) is 53.5 Å². The van der Waals surface area contributed by atoms with Crippen molar-refractivity contribution in [3.8, 4) is 0 Å². The molecule has 0 spiro atoms. The SMILES string of the molecule is Cc1ccccc1N1CCN(c2cc(Cl)nc(SCc3cccc(C(=O)N4CCc5ccccc5C4)c3)n2)CC1. The lowest BCUT2D eigenvalue weighted by molar-refractivity contribution is 0.0734. The van der Waals surface area contributed by atoms with E-state index in [-0.39, 0.29) is 5.91 Å². The van der Waals surface area contributed by atoms with E-state index in [4.69, 9.17) is 16.6 Å². The Balaban J connectivity index is 1.09. The first kappa shape index (κ1) is 26.7. The fourth-order valence-corrected chi connectivity index (χ4v) is 6.52. The molecule has 3 heterocycles. The van der Waals surface area contributed by atoms with E-state index in [2.05, 4.69) is 64.2 Å². The number of benzene rings is 3. The van der Waals surface area contributed by atoms with E-state index in [9.17, 15) is 4.79 Å². The minimum absolute atomic E-state index is 0.0764. The van der Waals surface area contributed by atoms with Crippen LogP contribution in [0.2, 0.25) is 5.15 Å². The number of thioether (sulfide) groups is 1. The molecule has 0 N–H and O–H groups in total. The highest BCUT2D eigenvalue weighted by atomic mass is 35.5. The van der Waals surface area contributed by atoms with Crippen molar-refractivity contribution in [3.05, 3.63) is 112 Å². The Hall–Kier alpha value is -3.55. The fraction of sp³-hybridized carbons (Fsp3) is 0.281. The van der Waals surface area contributed by atoms with E-state index in [0.29, 0.717) is 22.6 Å². The van der Waals surface area contributed by atoms with Crippen molar-refractivity contribution in [2.24, 2.45) is 0 Å². The maximum atomic E-state index is 13.3. The molecule has 2 aliphatic rings. The maximum Gasteiger partial charge on any atom is 0.254 e. The predicted octanol–water partition coefficient (Wildman–Crippen LogP) is 6.26. The molecular weight excluding hydrogens is 538 g/mol. The molecule has 0 radical (unpaired) electrons. The molecule has 0 bridgehead atoms. The summed E-state index contributed by atoms with van der Waals surface area (Å²) in [7, 11) is 0. The number of rotatable bonds is 6. The van der Waals surface area contributed by atoms with Crippen molar-refractivity contribution in [2.75, 3.05) is 42.5 Å². The van der Waals surface area contributed by atoms with Crippen LogP contribution in [0.1, 0.15) is 32.6 Å². The first-order valence-corrected chi connectivity index (χ1v) is 15.1. The summed E-state index contributed by atoms with van der Waals surface area (Å²) in [6.07, 6.45) is 0.896. The number of carbonyl (C=O) groups excluding carboxylic acids is 1. The Kier molecular flexibility index (Phi) is 7.93. The summed E-state index contributed by atoms with van der Waals surface area (Å²) in [6, 6.07) is 26.7. The monoisotopic (exact) mass is 569 g/mol. The summed E-state index contributed by atoms with van der Waals surface area (Å²) in [5, 5.41) is 1.09. The molecule has 40 heavy (non-hydrogen) atoms. The number of amides is 1. The Bertz CT molecular complexity index is 1520. The third kappa shape index (κ3) is 5.96. The molecule has 1 aromatic heterocycles. The van der Waals surface area contributed by atoms with Crippen LogP contribution in [0.25, 0.3) is 0 Å². The van der Waals surface area contributed by atoms with Crippen LogP contribution < -0.4 is 9.80 Å². The second kappa shape index (κ2) is 11.9. The molecular formula is C32H32ClN5OS. The van der Waals surface area contributed by atoms with E-state index in [0.717, 1.165) is 56.1 Å². The third-order valence-corrected chi connectivity index (χ3v) is 8.79. The first-order chi connectivity index (χ1) is 19.5. The number of nitrogens with zero attached hydrogens (tertiary/aromatic N) is 5. The molecule has 0 unspecified atom stereocenters. The van der Waals surface area contributed by atoms with Crippen molar-refractivity contribution >= 4 is 40.8 Å². The number of halogens is 1. The number of carbonyl (C=O) groups is 1. The van der Waals surface area contributed by atoms with E-state index in [1.165, 1.54) is 22.4 Å². The van der Waals surface area contributed by atoms with Crippen molar-refractivity contribution in [2.45, 2.75) is 30.8 Å². The van der Waals surface area contributed by atoms with Gasteiger partial charge in [0, 0.05) is 62.3 Å². The summed E-state index contributed by atoms with van der Waals surface area (Å²) in [4.78, 5) is 29.3. The zero-order valence-electron chi connectivity index (χ0n) is 22.6. The number of piperazine rings is 1. The normalized spacial score (nSPS) is 15.2. The van der Waals surface area contributed by atoms with E-state index < -0.39 is 0 Å². The predicted molar refractivity (Wildman–Crippen MR) is 164 cm³/mol. The van der Waals surface area contributed by atoms with E-state index in [1.54, 1.807) is 11.8 Å². The van der Waals surface area contributed by atoms with Crippen LogP contribution >= 0.6 is 23.4 Å². The number of aromatic nitrogens is 2. The van der Waals surface area contributed by atoms with Crippen molar-refractivity contribution in [3.63, 3.8) is 0 Å². The highest BCUT2D eigenvalue weighted by Gasteiger charge is 2.23. The zero-order valence-corrected chi connectivity index (χ0v) is 24.2. The summed E-state index contributed by atoms with van der Waals surface area (Å²) < 4.78 is 0. The standard InChI is InChI=1S/C32H32ClN5OS/c1-23-7-2-5-12-28(23)36-15-17-37(18-16-36)30-20-29(33)34-32(35-30)40-22-24-8-6-11-26(19-24)31(39)38-14-13-25-9-3-4-10-27(25)21-38/h2-12,19-20H,13-18,21-22H2,1H3. The van der Waals surface area contributed by atoms with E-state index in [1.807, 2.05) is 41.3 Å².